The van der Waals surface area contributed by atoms with Crippen molar-refractivity contribution in [1.82, 2.24) is 15.2 Å². The van der Waals surface area contributed by atoms with Gasteiger partial charge in [-0.25, -0.2) is 9.78 Å². The molecule has 0 radical (unpaired) electrons. The number of carbonyl (C=O) groups is 2. The van der Waals surface area contributed by atoms with Crippen LogP contribution in [0.15, 0.2) is 18.3 Å². The van der Waals surface area contributed by atoms with Gasteiger partial charge in [0.15, 0.2) is 0 Å². The van der Waals surface area contributed by atoms with E-state index in [9.17, 15) is 9.59 Å². The van der Waals surface area contributed by atoms with Crippen LogP contribution in [0.5, 0.6) is 0 Å². The number of pyridine rings is 1. The summed E-state index contributed by atoms with van der Waals surface area (Å²) in [5.74, 6) is 0.837. The van der Waals surface area contributed by atoms with Gasteiger partial charge in [-0.15, -0.1) is 0 Å². The average molecular weight is 358 g/mol. The van der Waals surface area contributed by atoms with Crippen LogP contribution in [0.4, 0.5) is 10.6 Å². The maximum atomic E-state index is 12.6. The SMILES string of the molecule is CCOC(=O)N[C@H]1CCN(C2CCC3(CC2)C(=O)Nc2ncccc23)C1. The van der Waals surface area contributed by atoms with Crippen molar-refractivity contribution in [3.8, 4) is 0 Å². The number of hydrogen-bond acceptors (Lipinski definition) is 5. The van der Waals surface area contributed by atoms with Crippen LogP contribution in [-0.4, -0.2) is 53.7 Å². The normalized spacial score (nSPS) is 30.9. The number of aromatic nitrogens is 1. The van der Waals surface area contributed by atoms with E-state index in [1.807, 2.05) is 19.1 Å². The van der Waals surface area contributed by atoms with E-state index in [1.54, 1.807) is 6.20 Å². The summed E-state index contributed by atoms with van der Waals surface area (Å²) in [6, 6.07) is 4.59. The van der Waals surface area contributed by atoms with Crippen molar-refractivity contribution in [2.24, 2.45) is 0 Å². The maximum absolute atomic E-state index is 12.6. The van der Waals surface area contributed by atoms with Crippen LogP contribution in [0.2, 0.25) is 0 Å². The Balaban J connectivity index is 1.36. The third kappa shape index (κ3) is 2.94. The van der Waals surface area contributed by atoms with Crippen LogP contribution in [0.1, 0.15) is 44.6 Å². The predicted octanol–water partition coefficient (Wildman–Crippen LogP) is 2.03. The van der Waals surface area contributed by atoms with Gasteiger partial charge >= 0.3 is 6.09 Å². The summed E-state index contributed by atoms with van der Waals surface area (Å²) in [7, 11) is 0. The Bertz CT molecular complexity index is 700. The molecule has 26 heavy (non-hydrogen) atoms. The maximum Gasteiger partial charge on any atom is 0.407 e. The molecule has 1 saturated heterocycles. The van der Waals surface area contributed by atoms with Crippen LogP contribution in [0.3, 0.4) is 0 Å². The fourth-order valence-electron chi connectivity index (χ4n) is 4.77. The van der Waals surface area contributed by atoms with Crippen LogP contribution in [0.25, 0.3) is 0 Å². The largest absolute Gasteiger partial charge is 0.450 e. The van der Waals surface area contributed by atoms with E-state index in [-0.39, 0.29) is 18.0 Å². The zero-order valence-corrected chi connectivity index (χ0v) is 15.2. The first-order chi connectivity index (χ1) is 12.6. The number of carbonyl (C=O) groups excluding carboxylic acids is 2. The number of anilines is 1. The molecule has 1 atom stereocenters. The van der Waals surface area contributed by atoms with Crippen molar-refractivity contribution >= 4 is 17.8 Å². The molecule has 4 rings (SSSR count). The fraction of sp³-hybridized carbons (Fsp3) is 0.632. The molecule has 7 heteroatoms. The molecule has 0 bridgehead atoms. The highest BCUT2D eigenvalue weighted by molar-refractivity contribution is 6.05. The van der Waals surface area contributed by atoms with Crippen molar-refractivity contribution in [1.29, 1.82) is 0 Å². The van der Waals surface area contributed by atoms with Gasteiger partial charge in [-0.3, -0.25) is 9.69 Å². The number of fused-ring (bicyclic) bond motifs is 2. The summed E-state index contributed by atoms with van der Waals surface area (Å²) in [5.41, 5.74) is 0.661. The van der Waals surface area contributed by atoms with Crippen molar-refractivity contribution in [2.75, 3.05) is 25.0 Å². The molecule has 0 unspecified atom stereocenters. The minimum absolute atomic E-state index is 0.105. The highest BCUT2D eigenvalue weighted by atomic mass is 16.5. The highest BCUT2D eigenvalue weighted by Gasteiger charge is 2.50. The average Bonchev–Trinajstić information content (AvgIpc) is 3.20. The van der Waals surface area contributed by atoms with Crippen LogP contribution >= 0.6 is 0 Å². The molecule has 1 spiro atoms. The Morgan fingerprint density at radius 3 is 3.00 bits per heavy atom. The van der Waals surface area contributed by atoms with Crippen molar-refractivity contribution in [3.05, 3.63) is 23.9 Å². The summed E-state index contributed by atoms with van der Waals surface area (Å²) >= 11 is 0. The van der Waals surface area contributed by atoms with Gasteiger partial charge in [-0.05, 0) is 45.1 Å². The number of nitrogens with one attached hydrogen (secondary N) is 2. The van der Waals surface area contributed by atoms with Gasteiger partial charge < -0.3 is 15.4 Å². The number of amides is 2. The molecule has 2 aliphatic heterocycles. The lowest BCUT2D eigenvalue weighted by molar-refractivity contribution is -0.122. The molecule has 3 aliphatic rings. The summed E-state index contributed by atoms with van der Waals surface area (Å²) in [6.45, 7) is 4.05. The molecule has 3 heterocycles. The molecule has 1 aromatic heterocycles. The Morgan fingerprint density at radius 2 is 2.23 bits per heavy atom. The quantitative estimate of drug-likeness (QED) is 0.864. The summed E-state index contributed by atoms with van der Waals surface area (Å²) in [6.07, 6.45) is 6.05. The zero-order valence-electron chi connectivity index (χ0n) is 15.2. The Hall–Kier alpha value is -2.15. The van der Waals surface area contributed by atoms with E-state index < -0.39 is 5.41 Å². The van der Waals surface area contributed by atoms with E-state index in [0.717, 1.165) is 56.6 Å². The molecule has 2 N–H and O–H groups in total. The lowest BCUT2D eigenvalue weighted by Gasteiger charge is -2.39. The van der Waals surface area contributed by atoms with Crippen LogP contribution < -0.4 is 10.6 Å². The summed E-state index contributed by atoms with van der Waals surface area (Å²) in [4.78, 5) is 31.0. The van der Waals surface area contributed by atoms with E-state index in [0.29, 0.717) is 12.6 Å². The van der Waals surface area contributed by atoms with Gasteiger partial charge in [-0.1, -0.05) is 6.07 Å². The van der Waals surface area contributed by atoms with E-state index in [1.165, 1.54) is 0 Å². The molecule has 2 fully saturated rings. The molecule has 140 valence electrons. The standard InChI is InChI=1S/C19H26N4O3/c1-2-26-18(25)21-13-7-11-23(12-13)14-5-8-19(9-6-14)15-4-3-10-20-16(15)22-17(19)24/h3-4,10,13-14H,2,5-9,11-12H2,1H3,(H,21,25)(H,20,22,24)/t13-,14?,19?/m0/s1. The Kier molecular flexibility index (Phi) is 4.56. The second-order valence-electron chi connectivity index (χ2n) is 7.51. The van der Waals surface area contributed by atoms with Gasteiger partial charge in [0, 0.05) is 36.9 Å². The van der Waals surface area contributed by atoms with E-state index in [2.05, 4.69) is 20.5 Å². The number of alkyl carbamates (subject to hydrolysis) is 1. The first-order valence-electron chi connectivity index (χ1n) is 9.56. The lowest BCUT2D eigenvalue weighted by Crippen LogP contribution is -2.45. The van der Waals surface area contributed by atoms with Crippen molar-refractivity contribution < 1.29 is 14.3 Å². The monoisotopic (exact) mass is 358 g/mol. The van der Waals surface area contributed by atoms with Gasteiger partial charge in [0.2, 0.25) is 5.91 Å². The Morgan fingerprint density at radius 1 is 1.42 bits per heavy atom. The zero-order chi connectivity index (χ0) is 18.1. The lowest BCUT2D eigenvalue weighted by atomic mass is 9.69. The number of rotatable bonds is 3. The molecule has 0 aromatic carbocycles. The van der Waals surface area contributed by atoms with Crippen LogP contribution in [0, 0.1) is 0 Å². The second-order valence-corrected chi connectivity index (χ2v) is 7.51. The fourth-order valence-corrected chi connectivity index (χ4v) is 4.77. The summed E-state index contributed by atoms with van der Waals surface area (Å²) < 4.78 is 4.97. The molecular weight excluding hydrogens is 332 g/mol. The molecular formula is C19H26N4O3. The second kappa shape index (κ2) is 6.87. The van der Waals surface area contributed by atoms with Gasteiger partial charge in [0.05, 0.1) is 12.0 Å². The minimum atomic E-state index is -0.400. The number of likely N-dealkylation sites (tertiary alicyclic amines) is 1. The molecule has 1 saturated carbocycles. The van der Waals surface area contributed by atoms with E-state index >= 15 is 0 Å². The first kappa shape index (κ1) is 17.3. The molecule has 1 aromatic rings. The molecule has 1 aliphatic carbocycles. The van der Waals surface area contributed by atoms with Gasteiger partial charge in [-0.2, -0.15) is 0 Å². The highest BCUT2D eigenvalue weighted by Crippen LogP contribution is 2.47. The number of hydrogen-bond donors (Lipinski definition) is 2. The molecule has 2 amide bonds. The van der Waals surface area contributed by atoms with Gasteiger partial charge in [0.1, 0.15) is 5.82 Å². The van der Waals surface area contributed by atoms with Crippen molar-refractivity contribution in [2.45, 2.75) is 56.5 Å². The first-order valence-corrected chi connectivity index (χ1v) is 9.56. The van der Waals surface area contributed by atoms with Gasteiger partial charge in [0.25, 0.3) is 0 Å². The predicted molar refractivity (Wildman–Crippen MR) is 96.9 cm³/mol. The van der Waals surface area contributed by atoms with Crippen LogP contribution in [-0.2, 0) is 14.9 Å². The number of ether oxygens (including phenoxy) is 1. The third-order valence-electron chi connectivity index (χ3n) is 6.13. The topological polar surface area (TPSA) is 83.6 Å². The van der Waals surface area contributed by atoms with E-state index in [4.69, 9.17) is 4.74 Å². The Labute approximate surface area is 153 Å². The third-order valence-corrected chi connectivity index (χ3v) is 6.13. The smallest absolute Gasteiger partial charge is 0.407 e. The number of nitrogens with zero attached hydrogens (tertiary/aromatic N) is 2. The molecule has 7 nitrogen and oxygen atoms in total. The van der Waals surface area contributed by atoms with Crippen molar-refractivity contribution in [3.63, 3.8) is 0 Å². The summed E-state index contributed by atoms with van der Waals surface area (Å²) in [5, 5.41) is 5.90. The minimum Gasteiger partial charge on any atom is -0.450 e.